The smallest absolute Gasteiger partial charge is 0.346 e. The molecule has 0 bridgehead atoms. The first-order chi connectivity index (χ1) is 12.5. The number of aryl methyl sites for hydroxylation is 1. The molecule has 0 aliphatic rings. The molecule has 2 aromatic heterocycles. The Bertz CT molecular complexity index is 1080. The predicted octanol–water partition coefficient (Wildman–Crippen LogP) is 3.55. The van der Waals surface area contributed by atoms with Crippen molar-refractivity contribution in [3.63, 3.8) is 0 Å². The summed E-state index contributed by atoms with van der Waals surface area (Å²) in [5.74, 6) is -0.417. The van der Waals surface area contributed by atoms with Crippen molar-refractivity contribution in [2.45, 2.75) is 12.2 Å². The van der Waals surface area contributed by atoms with Gasteiger partial charge in [-0.2, -0.15) is 8.78 Å². The largest absolute Gasteiger partial charge is 0.400 e. The average molecular weight is 480 g/mol. The van der Waals surface area contributed by atoms with Crippen molar-refractivity contribution in [1.29, 1.82) is 0 Å². The lowest BCUT2D eigenvalue weighted by Gasteiger charge is -2.16. The van der Waals surface area contributed by atoms with Gasteiger partial charge in [0, 0.05) is 33.4 Å². The van der Waals surface area contributed by atoms with Gasteiger partial charge in [0.25, 0.3) is 5.91 Å². The fourth-order valence-electron chi connectivity index (χ4n) is 2.36. The van der Waals surface area contributed by atoms with Crippen molar-refractivity contribution in [3.8, 4) is 0 Å². The number of hydrogen-bond acceptors (Lipinski definition) is 4. The van der Waals surface area contributed by atoms with Gasteiger partial charge in [0.1, 0.15) is 4.88 Å². The number of nitrogens with one attached hydrogen (secondary N) is 1. The molecule has 0 saturated carbocycles. The van der Waals surface area contributed by atoms with Crippen LogP contribution in [0.5, 0.6) is 0 Å². The molecular formula is C15H13BrF2N3O4PS. The van der Waals surface area contributed by atoms with Crippen LogP contribution in [0.4, 0.5) is 8.78 Å². The molecule has 3 aromatic rings. The summed E-state index contributed by atoms with van der Waals surface area (Å²) in [6, 6.07) is 4.32. The zero-order valence-electron chi connectivity index (χ0n) is 13.7. The molecule has 0 fully saturated rings. The lowest BCUT2D eigenvalue weighted by molar-refractivity contribution is 0.0595. The minimum Gasteiger partial charge on any atom is -0.346 e. The number of fused-ring (bicyclic) bond motifs is 1. The van der Waals surface area contributed by atoms with Crippen molar-refractivity contribution in [3.05, 3.63) is 51.3 Å². The molecule has 2 heterocycles. The first-order valence-electron chi connectivity index (χ1n) is 7.41. The summed E-state index contributed by atoms with van der Waals surface area (Å²) in [4.78, 5) is 33.4. The minimum atomic E-state index is -5.69. The van der Waals surface area contributed by atoms with Crippen molar-refractivity contribution in [2.75, 3.05) is 0 Å². The zero-order valence-corrected chi connectivity index (χ0v) is 17.0. The highest BCUT2D eigenvalue weighted by atomic mass is 79.9. The number of carbonyl (C=O) groups excluding carboxylic acids is 1. The van der Waals surface area contributed by atoms with Crippen LogP contribution in [-0.2, 0) is 23.8 Å². The molecule has 1 aromatic carbocycles. The van der Waals surface area contributed by atoms with Crippen LogP contribution in [-0.4, -0.2) is 25.2 Å². The monoisotopic (exact) mass is 479 g/mol. The lowest BCUT2D eigenvalue weighted by Crippen LogP contribution is -2.23. The summed E-state index contributed by atoms with van der Waals surface area (Å²) < 4.78 is 41.2. The van der Waals surface area contributed by atoms with E-state index >= 15 is 0 Å². The van der Waals surface area contributed by atoms with E-state index in [-0.39, 0.29) is 22.0 Å². The number of amides is 1. The molecule has 144 valence electrons. The maximum Gasteiger partial charge on any atom is 0.400 e. The third-order valence-electron chi connectivity index (χ3n) is 3.88. The summed E-state index contributed by atoms with van der Waals surface area (Å²) in [5, 5.41) is 2.98. The van der Waals surface area contributed by atoms with Crippen LogP contribution in [0.3, 0.4) is 0 Å². The van der Waals surface area contributed by atoms with Crippen molar-refractivity contribution < 1.29 is 27.9 Å². The molecular weight excluding hydrogens is 467 g/mol. The molecule has 0 radical (unpaired) electrons. The van der Waals surface area contributed by atoms with Gasteiger partial charge in [-0.3, -0.25) is 9.36 Å². The Hall–Kier alpha value is -1.65. The number of imidazole rings is 1. The van der Waals surface area contributed by atoms with Crippen LogP contribution in [0.2, 0.25) is 0 Å². The standard InChI is InChI=1S/C15H13BrF2N3O4PS/c1-21-7-19-5-9(21)6-20-14(22)8-2-3-11-10(4-8)12(16)13(27-11)15(17,18)26(23,24)25/h2-5,7H,6H2,1H3,(H,20,22)(H2,23,24,25). The van der Waals surface area contributed by atoms with E-state index < -0.39 is 24.0 Å². The van der Waals surface area contributed by atoms with Gasteiger partial charge in [-0.1, -0.05) is 0 Å². The Kier molecular flexibility index (Phi) is 5.26. The minimum absolute atomic E-state index is 0.142. The van der Waals surface area contributed by atoms with Crippen LogP contribution >= 0.6 is 34.9 Å². The van der Waals surface area contributed by atoms with Crippen LogP contribution in [0.15, 0.2) is 35.2 Å². The molecule has 0 spiro atoms. The molecule has 1 amide bonds. The number of halogens is 3. The molecule has 7 nitrogen and oxygen atoms in total. The first-order valence-corrected chi connectivity index (χ1v) is 10.6. The topological polar surface area (TPSA) is 104 Å². The third-order valence-corrected chi connectivity index (χ3v) is 7.31. The highest BCUT2D eigenvalue weighted by Gasteiger charge is 2.53. The number of benzene rings is 1. The van der Waals surface area contributed by atoms with Gasteiger partial charge in [-0.15, -0.1) is 11.3 Å². The maximum absolute atomic E-state index is 14.1. The van der Waals surface area contributed by atoms with Crippen LogP contribution in [0.1, 0.15) is 20.9 Å². The van der Waals surface area contributed by atoms with E-state index in [0.717, 1.165) is 5.69 Å². The number of nitrogens with zero attached hydrogens (tertiary/aromatic N) is 2. The van der Waals surface area contributed by atoms with E-state index in [4.69, 9.17) is 9.79 Å². The SMILES string of the molecule is Cn1cncc1CNC(=O)c1ccc2sc(C(F)(F)P(=O)(O)O)c(Br)c2c1. The fraction of sp³-hybridized carbons (Fsp3) is 0.200. The molecule has 3 rings (SSSR count). The summed E-state index contributed by atoms with van der Waals surface area (Å²) in [6.45, 7) is 0.236. The Morgan fingerprint density at radius 3 is 2.74 bits per heavy atom. The summed E-state index contributed by atoms with van der Waals surface area (Å²) in [6.07, 6.45) is 3.20. The van der Waals surface area contributed by atoms with Gasteiger partial charge in [0.2, 0.25) is 0 Å². The van der Waals surface area contributed by atoms with Gasteiger partial charge >= 0.3 is 13.3 Å². The van der Waals surface area contributed by atoms with Gasteiger partial charge in [-0.05, 0) is 34.1 Å². The molecule has 12 heteroatoms. The number of carbonyl (C=O) groups is 1. The zero-order chi connectivity index (χ0) is 20.0. The fourth-order valence-corrected chi connectivity index (χ4v) is 5.29. The van der Waals surface area contributed by atoms with Crippen LogP contribution < -0.4 is 5.32 Å². The Morgan fingerprint density at radius 2 is 2.15 bits per heavy atom. The average Bonchev–Trinajstić information content (AvgIpc) is 3.15. The van der Waals surface area contributed by atoms with E-state index in [0.29, 0.717) is 16.0 Å². The van der Waals surface area contributed by atoms with E-state index in [1.165, 1.54) is 18.2 Å². The highest BCUT2D eigenvalue weighted by Crippen LogP contribution is 2.62. The van der Waals surface area contributed by atoms with Gasteiger partial charge < -0.3 is 19.7 Å². The molecule has 0 atom stereocenters. The number of aromatic nitrogens is 2. The number of rotatable bonds is 5. The van der Waals surface area contributed by atoms with E-state index in [2.05, 4.69) is 26.2 Å². The number of alkyl halides is 2. The summed E-state index contributed by atoms with van der Waals surface area (Å²) >= 11 is 3.55. The molecule has 0 unspecified atom stereocenters. The Morgan fingerprint density at radius 1 is 1.44 bits per heavy atom. The predicted molar refractivity (Wildman–Crippen MR) is 99.8 cm³/mol. The van der Waals surface area contributed by atoms with Gasteiger partial charge in [0.05, 0.1) is 18.6 Å². The molecule has 3 N–H and O–H groups in total. The second-order valence-electron chi connectivity index (χ2n) is 5.72. The third kappa shape index (κ3) is 3.70. The van der Waals surface area contributed by atoms with Crippen molar-refractivity contribution >= 4 is 50.9 Å². The van der Waals surface area contributed by atoms with Crippen LogP contribution in [0, 0.1) is 0 Å². The normalized spacial score (nSPS) is 12.5. The van der Waals surface area contributed by atoms with E-state index in [1.54, 1.807) is 24.1 Å². The molecule has 27 heavy (non-hydrogen) atoms. The molecule has 0 aliphatic carbocycles. The van der Waals surface area contributed by atoms with Crippen molar-refractivity contribution in [1.82, 2.24) is 14.9 Å². The molecule has 0 aliphatic heterocycles. The number of thiophene rings is 1. The summed E-state index contributed by atoms with van der Waals surface area (Å²) in [7, 11) is -3.90. The first kappa shape index (κ1) is 20.1. The highest BCUT2D eigenvalue weighted by molar-refractivity contribution is 9.10. The number of hydrogen-bond donors (Lipinski definition) is 3. The summed E-state index contributed by atoms with van der Waals surface area (Å²) in [5.41, 5.74) is -3.31. The van der Waals surface area contributed by atoms with Crippen LogP contribution in [0.25, 0.3) is 10.1 Å². The van der Waals surface area contributed by atoms with Crippen molar-refractivity contribution in [2.24, 2.45) is 7.05 Å². The van der Waals surface area contributed by atoms with Gasteiger partial charge in [0.15, 0.2) is 0 Å². The van der Waals surface area contributed by atoms with E-state index in [1.807, 2.05) is 0 Å². The Labute approximate surface area is 164 Å². The van der Waals surface area contributed by atoms with Gasteiger partial charge in [-0.25, -0.2) is 4.98 Å². The second kappa shape index (κ2) is 7.06. The quantitative estimate of drug-likeness (QED) is 0.485. The maximum atomic E-state index is 14.1. The van der Waals surface area contributed by atoms with E-state index in [9.17, 15) is 18.1 Å². The second-order valence-corrected chi connectivity index (χ2v) is 9.21. The Balaban J connectivity index is 1.91. The molecule has 0 saturated heterocycles. The lowest BCUT2D eigenvalue weighted by atomic mass is 10.1.